The fourth-order valence-electron chi connectivity index (χ4n) is 0.893. The van der Waals surface area contributed by atoms with Gasteiger partial charge in [-0.1, -0.05) is 11.8 Å². The van der Waals surface area contributed by atoms with Crippen molar-refractivity contribution < 1.29 is 0 Å². The van der Waals surface area contributed by atoms with Gasteiger partial charge in [0.1, 0.15) is 0 Å². The molecule has 5 heteroatoms. The topological polar surface area (TPSA) is 62.8 Å². The molecule has 0 bridgehead atoms. The van der Waals surface area contributed by atoms with Gasteiger partial charge in [-0.2, -0.15) is 0 Å². The van der Waals surface area contributed by atoms with Gasteiger partial charge in [0.2, 0.25) is 0 Å². The molecular weight excluding hydrogens is 206 g/mol. The number of hydrogen-bond acceptors (Lipinski definition) is 3. The van der Waals surface area contributed by atoms with Gasteiger partial charge in [0.25, 0.3) is 0 Å². The Morgan fingerprint density at radius 3 is 2.54 bits per heavy atom. The first-order valence-corrected chi connectivity index (χ1v) is 4.48. The van der Waals surface area contributed by atoms with E-state index in [9.17, 15) is 0 Å². The Balaban J connectivity index is 0.00000144. The zero-order valence-electron chi connectivity index (χ0n) is 7.23. The van der Waals surface area contributed by atoms with Crippen molar-refractivity contribution in [2.75, 3.05) is 0 Å². The van der Waals surface area contributed by atoms with Crippen LogP contribution in [0.15, 0.2) is 24.5 Å². The Hall–Kier alpha value is -0.740. The summed E-state index contributed by atoms with van der Waals surface area (Å²) >= 11 is 1.34. The van der Waals surface area contributed by atoms with E-state index in [1.165, 1.54) is 11.8 Å². The van der Waals surface area contributed by atoms with Crippen LogP contribution in [-0.2, 0) is 0 Å². The van der Waals surface area contributed by atoms with E-state index in [0.29, 0.717) is 0 Å². The fourth-order valence-corrected chi connectivity index (χ4v) is 1.57. The van der Waals surface area contributed by atoms with Crippen LogP contribution in [0.2, 0.25) is 0 Å². The summed E-state index contributed by atoms with van der Waals surface area (Å²) < 4.78 is 0. The molecule has 1 unspecified atom stereocenters. The van der Waals surface area contributed by atoms with Crippen molar-refractivity contribution in [3.63, 3.8) is 0 Å². The zero-order chi connectivity index (χ0) is 8.97. The summed E-state index contributed by atoms with van der Waals surface area (Å²) in [6.07, 6.45) is 3.49. The Kier molecular flexibility index (Phi) is 5.50. The van der Waals surface area contributed by atoms with E-state index < -0.39 is 0 Å². The predicted octanol–water partition coefficient (Wildman–Crippen LogP) is 2.19. The third kappa shape index (κ3) is 4.15. The van der Waals surface area contributed by atoms with Crippen molar-refractivity contribution in [3.05, 3.63) is 30.1 Å². The van der Waals surface area contributed by atoms with Crippen LogP contribution in [-0.4, -0.2) is 10.2 Å². The normalized spacial score (nSPS) is 11.5. The number of hydrogen-bond donors (Lipinski definition) is 2. The van der Waals surface area contributed by atoms with Crippen molar-refractivity contribution in [2.24, 2.45) is 5.73 Å². The second kappa shape index (κ2) is 5.83. The molecule has 72 valence electrons. The number of nitrogens with two attached hydrogens (primary N) is 1. The molecule has 0 aliphatic heterocycles. The number of aromatic nitrogens is 1. The van der Waals surface area contributed by atoms with Gasteiger partial charge >= 0.3 is 0 Å². The minimum Gasteiger partial charge on any atom is -0.379 e. The molecule has 0 aliphatic rings. The number of rotatable bonds is 2. The van der Waals surface area contributed by atoms with Gasteiger partial charge in [0.05, 0.1) is 0 Å². The number of nitrogens with zero attached hydrogens (tertiary/aromatic N) is 1. The van der Waals surface area contributed by atoms with E-state index in [4.69, 9.17) is 11.1 Å². The molecule has 0 saturated carbocycles. The second-order valence-electron chi connectivity index (χ2n) is 2.40. The van der Waals surface area contributed by atoms with Crippen LogP contribution in [0.4, 0.5) is 0 Å². The van der Waals surface area contributed by atoms with Crippen molar-refractivity contribution >= 4 is 29.3 Å². The molecule has 1 aromatic heterocycles. The predicted molar refractivity (Wildman–Crippen MR) is 59.4 cm³/mol. The average molecular weight is 218 g/mol. The summed E-state index contributed by atoms with van der Waals surface area (Å²) in [6, 6.07) is 3.86. The molecule has 1 atom stereocenters. The van der Waals surface area contributed by atoms with Crippen LogP contribution in [0.25, 0.3) is 0 Å². The van der Waals surface area contributed by atoms with E-state index in [1.807, 2.05) is 19.1 Å². The zero-order valence-corrected chi connectivity index (χ0v) is 8.86. The molecule has 1 aromatic rings. The summed E-state index contributed by atoms with van der Waals surface area (Å²) in [5.74, 6) is 0. The highest BCUT2D eigenvalue weighted by Gasteiger charge is 2.05. The summed E-state index contributed by atoms with van der Waals surface area (Å²) in [5.41, 5.74) is 6.41. The maximum Gasteiger partial charge on any atom is 0.151 e. The number of halogens is 1. The van der Waals surface area contributed by atoms with Crippen molar-refractivity contribution in [1.82, 2.24) is 4.98 Å². The highest BCUT2D eigenvalue weighted by molar-refractivity contribution is 8.13. The first-order chi connectivity index (χ1) is 5.70. The fraction of sp³-hybridized carbons (Fsp3) is 0.250. The van der Waals surface area contributed by atoms with Crippen LogP contribution >= 0.6 is 24.2 Å². The lowest BCUT2D eigenvalue weighted by Crippen LogP contribution is -2.05. The van der Waals surface area contributed by atoms with Crippen molar-refractivity contribution in [1.29, 1.82) is 5.41 Å². The second-order valence-corrected chi connectivity index (χ2v) is 3.79. The summed E-state index contributed by atoms with van der Waals surface area (Å²) in [5, 5.41) is 7.48. The SMILES string of the molecule is CC(SC(=N)N)c1ccncc1.Cl. The smallest absolute Gasteiger partial charge is 0.151 e. The monoisotopic (exact) mass is 217 g/mol. The first-order valence-electron chi connectivity index (χ1n) is 3.60. The van der Waals surface area contributed by atoms with E-state index in [-0.39, 0.29) is 22.8 Å². The van der Waals surface area contributed by atoms with Gasteiger partial charge in [0.15, 0.2) is 5.17 Å². The lowest BCUT2D eigenvalue weighted by atomic mass is 10.2. The van der Waals surface area contributed by atoms with E-state index in [1.54, 1.807) is 12.4 Å². The number of amidine groups is 1. The summed E-state index contributed by atoms with van der Waals surface area (Å²) in [4.78, 5) is 3.91. The van der Waals surface area contributed by atoms with Crippen LogP contribution in [0.1, 0.15) is 17.7 Å². The Bertz CT molecular complexity index is 265. The maximum atomic E-state index is 7.10. The highest BCUT2D eigenvalue weighted by atomic mass is 35.5. The molecule has 0 fully saturated rings. The van der Waals surface area contributed by atoms with Gasteiger partial charge in [-0.05, 0) is 24.6 Å². The molecule has 13 heavy (non-hydrogen) atoms. The number of thioether (sulfide) groups is 1. The number of nitrogens with one attached hydrogen (secondary N) is 1. The molecule has 0 radical (unpaired) electrons. The first kappa shape index (κ1) is 12.3. The van der Waals surface area contributed by atoms with Crippen LogP contribution < -0.4 is 5.73 Å². The summed E-state index contributed by atoms with van der Waals surface area (Å²) in [7, 11) is 0. The van der Waals surface area contributed by atoms with E-state index in [2.05, 4.69) is 4.98 Å². The van der Waals surface area contributed by atoms with Gasteiger partial charge in [0, 0.05) is 17.6 Å². The quantitative estimate of drug-likeness (QED) is 0.590. The molecule has 3 N–H and O–H groups in total. The third-order valence-electron chi connectivity index (χ3n) is 1.48. The minimum atomic E-state index is 0. The molecule has 0 aromatic carbocycles. The van der Waals surface area contributed by atoms with Crippen LogP contribution in [0, 0.1) is 5.41 Å². The van der Waals surface area contributed by atoms with E-state index in [0.717, 1.165) is 5.56 Å². The standard InChI is InChI=1S/C8H11N3S.ClH/c1-6(12-8(9)10)7-2-4-11-5-3-7;/h2-6H,1H3,(H3,9,10);1H. The lowest BCUT2D eigenvalue weighted by Gasteiger charge is -2.08. The lowest BCUT2D eigenvalue weighted by molar-refractivity contribution is 1.09. The van der Waals surface area contributed by atoms with Crippen LogP contribution in [0.5, 0.6) is 0 Å². The molecule has 1 heterocycles. The molecule has 0 spiro atoms. The number of pyridine rings is 1. The molecule has 0 aliphatic carbocycles. The van der Waals surface area contributed by atoms with Crippen molar-refractivity contribution in [3.8, 4) is 0 Å². The average Bonchev–Trinajstić information content (AvgIpc) is 2.05. The van der Waals surface area contributed by atoms with Gasteiger partial charge in [-0.15, -0.1) is 12.4 Å². The minimum absolute atomic E-state index is 0. The molecule has 3 nitrogen and oxygen atoms in total. The summed E-state index contributed by atoms with van der Waals surface area (Å²) in [6.45, 7) is 2.02. The maximum absolute atomic E-state index is 7.10. The Morgan fingerprint density at radius 2 is 2.08 bits per heavy atom. The largest absolute Gasteiger partial charge is 0.379 e. The Morgan fingerprint density at radius 1 is 1.54 bits per heavy atom. The highest BCUT2D eigenvalue weighted by Crippen LogP contribution is 2.26. The molecule has 1 rings (SSSR count). The van der Waals surface area contributed by atoms with Crippen molar-refractivity contribution in [2.45, 2.75) is 12.2 Å². The van der Waals surface area contributed by atoms with Gasteiger partial charge < -0.3 is 5.73 Å². The molecule has 0 saturated heterocycles. The van der Waals surface area contributed by atoms with Gasteiger partial charge in [-0.25, -0.2) is 0 Å². The van der Waals surface area contributed by atoms with E-state index >= 15 is 0 Å². The molecular formula is C8H12ClN3S. The van der Waals surface area contributed by atoms with Gasteiger partial charge in [-0.3, -0.25) is 10.4 Å². The third-order valence-corrected chi connectivity index (χ3v) is 2.36. The van der Waals surface area contributed by atoms with Crippen LogP contribution in [0.3, 0.4) is 0 Å². The Labute approximate surface area is 88.0 Å². The molecule has 0 amide bonds.